The van der Waals surface area contributed by atoms with Crippen LogP contribution in [0.4, 0.5) is 0 Å². The molecule has 0 heterocycles. The highest BCUT2D eigenvalue weighted by molar-refractivity contribution is 5.78. The molecule has 1 N–H and O–H groups in total. The first-order valence-corrected chi connectivity index (χ1v) is 8.48. The topological polar surface area (TPSA) is 47.6 Å². The minimum Gasteiger partial charge on any atom is -0.493 e. The number of hydrogen-bond acceptors (Lipinski definition) is 3. The molecule has 1 saturated carbocycles. The highest BCUT2D eigenvalue weighted by Crippen LogP contribution is 2.35. The van der Waals surface area contributed by atoms with Gasteiger partial charge in [0.25, 0.3) is 0 Å². The third-order valence-electron chi connectivity index (χ3n) is 4.74. The molecule has 4 nitrogen and oxygen atoms in total. The van der Waals surface area contributed by atoms with Gasteiger partial charge in [0.05, 0.1) is 14.2 Å². The summed E-state index contributed by atoms with van der Waals surface area (Å²) in [6.45, 7) is 4.18. The van der Waals surface area contributed by atoms with Crippen LogP contribution < -0.4 is 14.8 Å². The van der Waals surface area contributed by atoms with Crippen molar-refractivity contribution in [2.45, 2.75) is 63.8 Å². The fourth-order valence-corrected chi connectivity index (χ4v) is 3.29. The Balaban J connectivity index is 2.03. The number of benzene rings is 1. The molecule has 0 bridgehead atoms. The molecular formula is C19H29NO3. The molecule has 1 aromatic rings. The smallest absolute Gasteiger partial charge is 0.221 e. The first-order chi connectivity index (χ1) is 11.0. The molecule has 0 radical (unpaired) electrons. The van der Waals surface area contributed by atoms with Gasteiger partial charge in [-0.05, 0) is 36.0 Å². The largest absolute Gasteiger partial charge is 0.493 e. The summed E-state index contributed by atoms with van der Waals surface area (Å²) >= 11 is 0. The van der Waals surface area contributed by atoms with Gasteiger partial charge in [0.1, 0.15) is 0 Å². The SMILES string of the molecule is COc1ccc(C(C)(C)CC(=O)NC2CCCCC2)cc1OC. The maximum atomic E-state index is 12.4. The Morgan fingerprint density at radius 3 is 2.39 bits per heavy atom. The van der Waals surface area contributed by atoms with E-state index in [1.165, 1.54) is 19.3 Å². The highest BCUT2D eigenvalue weighted by atomic mass is 16.5. The Morgan fingerprint density at radius 2 is 1.78 bits per heavy atom. The van der Waals surface area contributed by atoms with Crippen LogP contribution in [0.15, 0.2) is 18.2 Å². The zero-order valence-corrected chi connectivity index (χ0v) is 14.8. The maximum Gasteiger partial charge on any atom is 0.221 e. The van der Waals surface area contributed by atoms with E-state index in [1.54, 1.807) is 14.2 Å². The summed E-state index contributed by atoms with van der Waals surface area (Å²) in [7, 11) is 3.25. The van der Waals surface area contributed by atoms with E-state index in [0.717, 1.165) is 18.4 Å². The van der Waals surface area contributed by atoms with Gasteiger partial charge in [-0.1, -0.05) is 39.2 Å². The van der Waals surface area contributed by atoms with Crippen LogP contribution in [0, 0.1) is 0 Å². The van der Waals surface area contributed by atoms with Crippen molar-refractivity contribution in [3.63, 3.8) is 0 Å². The first kappa shape index (κ1) is 17.6. The Bertz CT molecular complexity index is 533. The van der Waals surface area contributed by atoms with Crippen LogP contribution in [-0.2, 0) is 10.2 Å². The summed E-state index contributed by atoms with van der Waals surface area (Å²) < 4.78 is 10.7. The van der Waals surface area contributed by atoms with Crippen LogP contribution in [0.3, 0.4) is 0 Å². The maximum absolute atomic E-state index is 12.4. The predicted octanol–water partition coefficient (Wildman–Crippen LogP) is 3.82. The molecule has 2 rings (SSSR count). The molecule has 0 aromatic heterocycles. The standard InChI is InChI=1S/C19H29NO3/c1-19(2,13-18(21)20-15-8-6-5-7-9-15)14-10-11-16(22-3)17(12-14)23-4/h10-12,15H,5-9,13H2,1-4H3,(H,20,21). The zero-order valence-electron chi connectivity index (χ0n) is 14.8. The van der Waals surface area contributed by atoms with Crippen LogP contribution >= 0.6 is 0 Å². The lowest BCUT2D eigenvalue weighted by Gasteiger charge is -2.28. The summed E-state index contributed by atoms with van der Waals surface area (Å²) in [5.41, 5.74) is 0.826. The van der Waals surface area contributed by atoms with E-state index < -0.39 is 0 Å². The van der Waals surface area contributed by atoms with Crippen molar-refractivity contribution in [2.75, 3.05) is 14.2 Å². The minimum atomic E-state index is -0.252. The van der Waals surface area contributed by atoms with Crippen molar-refractivity contribution >= 4 is 5.91 Å². The van der Waals surface area contributed by atoms with Gasteiger partial charge >= 0.3 is 0 Å². The van der Waals surface area contributed by atoms with Crippen LogP contribution in [-0.4, -0.2) is 26.2 Å². The van der Waals surface area contributed by atoms with Crippen LogP contribution in [0.5, 0.6) is 11.5 Å². The van der Waals surface area contributed by atoms with Crippen LogP contribution in [0.25, 0.3) is 0 Å². The van der Waals surface area contributed by atoms with Gasteiger partial charge in [-0.3, -0.25) is 4.79 Å². The van der Waals surface area contributed by atoms with E-state index >= 15 is 0 Å². The number of amides is 1. The van der Waals surface area contributed by atoms with Gasteiger partial charge in [0, 0.05) is 12.5 Å². The molecule has 23 heavy (non-hydrogen) atoms. The molecule has 1 fully saturated rings. The van der Waals surface area contributed by atoms with Gasteiger partial charge in [-0.15, -0.1) is 0 Å². The van der Waals surface area contributed by atoms with Crippen molar-refractivity contribution in [1.29, 1.82) is 0 Å². The van der Waals surface area contributed by atoms with E-state index in [9.17, 15) is 4.79 Å². The number of nitrogens with one attached hydrogen (secondary N) is 1. The second-order valence-electron chi connectivity index (χ2n) is 7.03. The molecule has 0 spiro atoms. The monoisotopic (exact) mass is 319 g/mol. The van der Waals surface area contributed by atoms with Gasteiger partial charge < -0.3 is 14.8 Å². The van der Waals surface area contributed by atoms with Gasteiger partial charge in [0.2, 0.25) is 5.91 Å². The molecule has 0 unspecified atom stereocenters. The molecule has 4 heteroatoms. The molecule has 128 valence electrons. The molecule has 1 amide bonds. The van der Waals surface area contributed by atoms with Crippen LogP contribution in [0.1, 0.15) is 57.9 Å². The van der Waals surface area contributed by atoms with Gasteiger partial charge in [-0.2, -0.15) is 0 Å². The summed E-state index contributed by atoms with van der Waals surface area (Å²) in [6, 6.07) is 6.23. The molecule has 0 aliphatic heterocycles. The number of rotatable bonds is 6. The minimum absolute atomic E-state index is 0.136. The predicted molar refractivity (Wildman–Crippen MR) is 92.2 cm³/mol. The lowest BCUT2D eigenvalue weighted by molar-refractivity contribution is -0.123. The molecular weight excluding hydrogens is 290 g/mol. The third kappa shape index (κ3) is 4.63. The van der Waals surface area contributed by atoms with Gasteiger partial charge in [-0.25, -0.2) is 0 Å². The van der Waals surface area contributed by atoms with Crippen molar-refractivity contribution < 1.29 is 14.3 Å². The van der Waals surface area contributed by atoms with E-state index in [1.807, 2.05) is 18.2 Å². The lowest BCUT2D eigenvalue weighted by Crippen LogP contribution is -2.39. The average molecular weight is 319 g/mol. The summed E-state index contributed by atoms with van der Waals surface area (Å²) in [5, 5.41) is 3.20. The Kier molecular flexibility index (Phi) is 5.91. The van der Waals surface area contributed by atoms with Crippen molar-refractivity contribution in [2.24, 2.45) is 0 Å². The van der Waals surface area contributed by atoms with E-state index in [4.69, 9.17) is 9.47 Å². The Morgan fingerprint density at radius 1 is 1.13 bits per heavy atom. The van der Waals surface area contributed by atoms with Crippen molar-refractivity contribution in [3.05, 3.63) is 23.8 Å². The number of hydrogen-bond donors (Lipinski definition) is 1. The lowest BCUT2D eigenvalue weighted by atomic mass is 9.81. The second kappa shape index (κ2) is 7.71. The molecule has 1 aliphatic carbocycles. The highest BCUT2D eigenvalue weighted by Gasteiger charge is 2.27. The average Bonchev–Trinajstić information content (AvgIpc) is 2.54. The van der Waals surface area contributed by atoms with E-state index in [-0.39, 0.29) is 11.3 Å². The zero-order chi connectivity index (χ0) is 16.9. The number of methoxy groups -OCH3 is 2. The number of ether oxygens (including phenoxy) is 2. The fourth-order valence-electron chi connectivity index (χ4n) is 3.29. The third-order valence-corrected chi connectivity index (χ3v) is 4.74. The summed E-state index contributed by atoms with van der Waals surface area (Å²) in [4.78, 5) is 12.4. The van der Waals surface area contributed by atoms with Crippen molar-refractivity contribution in [1.82, 2.24) is 5.32 Å². The van der Waals surface area contributed by atoms with Gasteiger partial charge in [0.15, 0.2) is 11.5 Å². The van der Waals surface area contributed by atoms with E-state index in [2.05, 4.69) is 19.2 Å². The molecule has 1 aliphatic rings. The summed E-state index contributed by atoms with van der Waals surface area (Å²) in [6.07, 6.45) is 6.45. The fraction of sp³-hybridized carbons (Fsp3) is 0.632. The Labute approximate surface area is 139 Å². The normalized spacial score (nSPS) is 16.0. The second-order valence-corrected chi connectivity index (χ2v) is 7.03. The molecule has 0 saturated heterocycles. The first-order valence-electron chi connectivity index (χ1n) is 8.48. The number of carbonyl (C=O) groups excluding carboxylic acids is 1. The summed E-state index contributed by atoms with van der Waals surface area (Å²) in [5.74, 6) is 1.54. The Hall–Kier alpha value is -1.71. The quantitative estimate of drug-likeness (QED) is 0.867. The van der Waals surface area contributed by atoms with E-state index in [0.29, 0.717) is 24.0 Å². The molecule has 1 aromatic carbocycles. The number of carbonyl (C=O) groups is 1. The van der Waals surface area contributed by atoms with Crippen molar-refractivity contribution in [3.8, 4) is 11.5 Å². The molecule has 0 atom stereocenters. The van der Waals surface area contributed by atoms with Crippen LogP contribution in [0.2, 0.25) is 0 Å².